The second-order valence-corrected chi connectivity index (χ2v) is 5.20. The molecule has 1 rings (SSSR count). The summed E-state index contributed by atoms with van der Waals surface area (Å²) in [6, 6.07) is 0.0960. The summed E-state index contributed by atoms with van der Waals surface area (Å²) in [5.41, 5.74) is 4.82. The van der Waals surface area contributed by atoms with Gasteiger partial charge in [-0.25, -0.2) is 0 Å². The molecule has 4 N–H and O–H groups in total. The van der Waals surface area contributed by atoms with Crippen molar-refractivity contribution in [3.8, 4) is 0 Å². The van der Waals surface area contributed by atoms with E-state index in [4.69, 9.17) is 15.7 Å². The standard InChI is InChI=1S/C13H25N3O3/c1-3-4-5-10(2)15-12(17)13(11(14)16-18)6-8-19-9-7-13/h10,18H,3-9H2,1-2H3,(H2,14,16)(H,15,17). The van der Waals surface area contributed by atoms with E-state index in [9.17, 15) is 4.79 Å². The molecule has 1 atom stereocenters. The smallest absolute Gasteiger partial charge is 0.234 e. The van der Waals surface area contributed by atoms with E-state index >= 15 is 0 Å². The molecule has 0 bridgehead atoms. The van der Waals surface area contributed by atoms with Gasteiger partial charge in [-0.05, 0) is 26.2 Å². The molecule has 0 aromatic rings. The van der Waals surface area contributed by atoms with Crippen LogP contribution >= 0.6 is 0 Å². The predicted molar refractivity (Wildman–Crippen MR) is 73.0 cm³/mol. The van der Waals surface area contributed by atoms with Gasteiger partial charge in [0.05, 0.1) is 0 Å². The van der Waals surface area contributed by atoms with Gasteiger partial charge in [0.2, 0.25) is 5.91 Å². The van der Waals surface area contributed by atoms with E-state index in [1.165, 1.54) is 0 Å². The molecule has 0 spiro atoms. The number of hydrogen-bond donors (Lipinski definition) is 3. The summed E-state index contributed by atoms with van der Waals surface area (Å²) in [6.45, 7) is 5.00. The van der Waals surface area contributed by atoms with Crippen LogP contribution in [0.5, 0.6) is 0 Å². The van der Waals surface area contributed by atoms with Crippen molar-refractivity contribution in [2.45, 2.75) is 52.0 Å². The Hall–Kier alpha value is -1.30. The summed E-state index contributed by atoms with van der Waals surface area (Å²) in [5.74, 6) is -0.175. The first-order chi connectivity index (χ1) is 9.06. The zero-order valence-electron chi connectivity index (χ0n) is 11.8. The molecular formula is C13H25N3O3. The van der Waals surface area contributed by atoms with Crippen LogP contribution in [-0.2, 0) is 9.53 Å². The van der Waals surface area contributed by atoms with Gasteiger partial charge in [0.25, 0.3) is 0 Å². The summed E-state index contributed by atoms with van der Waals surface area (Å²) in [6.07, 6.45) is 4.01. The highest BCUT2D eigenvalue weighted by Gasteiger charge is 2.44. The largest absolute Gasteiger partial charge is 0.409 e. The number of oxime groups is 1. The third kappa shape index (κ3) is 3.83. The normalized spacial score (nSPS) is 20.8. The van der Waals surface area contributed by atoms with Crippen LogP contribution < -0.4 is 11.1 Å². The number of amidine groups is 1. The maximum absolute atomic E-state index is 12.5. The van der Waals surface area contributed by atoms with Gasteiger partial charge in [-0.1, -0.05) is 24.9 Å². The second kappa shape index (κ2) is 7.33. The van der Waals surface area contributed by atoms with Crippen molar-refractivity contribution in [1.29, 1.82) is 0 Å². The first-order valence-corrected chi connectivity index (χ1v) is 6.93. The van der Waals surface area contributed by atoms with Crippen LogP contribution in [-0.4, -0.2) is 36.2 Å². The molecule has 1 amide bonds. The Morgan fingerprint density at radius 1 is 1.53 bits per heavy atom. The first-order valence-electron chi connectivity index (χ1n) is 6.93. The Morgan fingerprint density at radius 2 is 2.16 bits per heavy atom. The van der Waals surface area contributed by atoms with Gasteiger partial charge in [0, 0.05) is 19.3 Å². The highest BCUT2D eigenvalue weighted by atomic mass is 16.5. The Kier molecular flexibility index (Phi) is 6.08. The van der Waals surface area contributed by atoms with Crippen molar-refractivity contribution in [1.82, 2.24) is 5.32 Å². The lowest BCUT2D eigenvalue weighted by Crippen LogP contribution is -2.54. The molecule has 0 aliphatic carbocycles. The molecule has 6 nitrogen and oxygen atoms in total. The van der Waals surface area contributed by atoms with E-state index in [0.29, 0.717) is 26.1 Å². The molecular weight excluding hydrogens is 246 g/mol. The summed E-state index contributed by atoms with van der Waals surface area (Å²) in [5, 5.41) is 14.9. The van der Waals surface area contributed by atoms with Crippen molar-refractivity contribution in [3.63, 3.8) is 0 Å². The third-order valence-electron chi connectivity index (χ3n) is 3.75. The average Bonchev–Trinajstić information content (AvgIpc) is 2.44. The number of nitrogens with zero attached hydrogens (tertiary/aromatic N) is 1. The Morgan fingerprint density at radius 3 is 2.68 bits per heavy atom. The van der Waals surface area contributed by atoms with Crippen molar-refractivity contribution < 1.29 is 14.7 Å². The van der Waals surface area contributed by atoms with Crippen molar-refractivity contribution in [3.05, 3.63) is 0 Å². The number of unbranched alkanes of at least 4 members (excludes halogenated alkanes) is 1. The minimum Gasteiger partial charge on any atom is -0.409 e. The summed E-state index contributed by atoms with van der Waals surface area (Å²) < 4.78 is 5.27. The molecule has 0 radical (unpaired) electrons. The minimum absolute atomic E-state index is 0.0176. The van der Waals surface area contributed by atoms with Crippen molar-refractivity contribution in [2.24, 2.45) is 16.3 Å². The topological polar surface area (TPSA) is 96.9 Å². The SMILES string of the molecule is CCCCC(C)NC(=O)C1(/C(N)=N/O)CCOCC1. The number of hydrogen-bond acceptors (Lipinski definition) is 4. The number of carbonyl (C=O) groups is 1. The average molecular weight is 271 g/mol. The summed E-state index contributed by atoms with van der Waals surface area (Å²) in [4.78, 5) is 12.5. The highest BCUT2D eigenvalue weighted by Crippen LogP contribution is 2.31. The monoisotopic (exact) mass is 271 g/mol. The van der Waals surface area contributed by atoms with Crippen LogP contribution in [0.1, 0.15) is 46.0 Å². The Labute approximate surface area is 114 Å². The van der Waals surface area contributed by atoms with Crippen molar-refractivity contribution >= 4 is 11.7 Å². The number of amides is 1. The van der Waals surface area contributed by atoms with Gasteiger partial charge >= 0.3 is 0 Å². The van der Waals surface area contributed by atoms with Crippen LogP contribution in [0.4, 0.5) is 0 Å². The first kappa shape index (κ1) is 15.8. The lowest BCUT2D eigenvalue weighted by molar-refractivity contribution is -0.132. The molecule has 0 saturated carbocycles. The highest BCUT2D eigenvalue weighted by molar-refractivity contribution is 6.06. The molecule has 1 aliphatic heterocycles. The van der Waals surface area contributed by atoms with E-state index in [-0.39, 0.29) is 17.8 Å². The zero-order chi connectivity index (χ0) is 14.3. The predicted octanol–water partition coefficient (Wildman–Crippen LogP) is 1.22. The van der Waals surface area contributed by atoms with Gasteiger partial charge in [-0.3, -0.25) is 4.79 Å². The van der Waals surface area contributed by atoms with E-state index in [0.717, 1.165) is 19.3 Å². The molecule has 1 fully saturated rings. The lowest BCUT2D eigenvalue weighted by Gasteiger charge is -2.35. The number of nitrogens with two attached hydrogens (primary N) is 1. The molecule has 19 heavy (non-hydrogen) atoms. The van der Waals surface area contributed by atoms with E-state index in [1.807, 2.05) is 6.92 Å². The zero-order valence-corrected chi connectivity index (χ0v) is 11.8. The Balaban J connectivity index is 2.72. The molecule has 1 unspecified atom stereocenters. The van der Waals surface area contributed by atoms with Gasteiger partial charge in [0.15, 0.2) is 5.84 Å². The maximum Gasteiger partial charge on any atom is 0.234 e. The summed E-state index contributed by atoms with van der Waals surface area (Å²) >= 11 is 0. The van der Waals surface area contributed by atoms with E-state index < -0.39 is 5.41 Å². The van der Waals surface area contributed by atoms with Crippen LogP contribution in [0.15, 0.2) is 5.16 Å². The van der Waals surface area contributed by atoms with Crippen molar-refractivity contribution in [2.75, 3.05) is 13.2 Å². The fourth-order valence-corrected chi connectivity index (χ4v) is 2.36. The summed E-state index contributed by atoms with van der Waals surface area (Å²) in [7, 11) is 0. The number of ether oxygens (including phenoxy) is 1. The fraction of sp³-hybridized carbons (Fsp3) is 0.846. The minimum atomic E-state index is -0.923. The van der Waals surface area contributed by atoms with Crippen LogP contribution in [0, 0.1) is 5.41 Å². The molecule has 0 aromatic heterocycles. The molecule has 110 valence electrons. The van der Waals surface area contributed by atoms with Gasteiger partial charge in [-0.15, -0.1) is 0 Å². The van der Waals surface area contributed by atoms with Crippen LogP contribution in [0.25, 0.3) is 0 Å². The van der Waals surface area contributed by atoms with Gasteiger partial charge in [0.1, 0.15) is 5.41 Å². The molecule has 6 heteroatoms. The molecule has 1 heterocycles. The molecule has 0 aromatic carbocycles. The molecule has 1 aliphatic rings. The number of carbonyl (C=O) groups excluding carboxylic acids is 1. The third-order valence-corrected chi connectivity index (χ3v) is 3.75. The number of rotatable bonds is 6. The van der Waals surface area contributed by atoms with Gasteiger partial charge in [-0.2, -0.15) is 0 Å². The van der Waals surface area contributed by atoms with Crippen LogP contribution in [0.3, 0.4) is 0 Å². The second-order valence-electron chi connectivity index (χ2n) is 5.20. The Bertz CT molecular complexity index is 325. The number of nitrogens with one attached hydrogen (secondary N) is 1. The molecule has 1 saturated heterocycles. The van der Waals surface area contributed by atoms with Crippen LogP contribution in [0.2, 0.25) is 0 Å². The van der Waals surface area contributed by atoms with E-state index in [2.05, 4.69) is 17.4 Å². The van der Waals surface area contributed by atoms with Gasteiger partial charge < -0.3 is 21.0 Å². The lowest BCUT2D eigenvalue weighted by atomic mass is 9.78. The fourth-order valence-electron chi connectivity index (χ4n) is 2.36. The van der Waals surface area contributed by atoms with E-state index in [1.54, 1.807) is 0 Å². The quantitative estimate of drug-likeness (QED) is 0.293. The maximum atomic E-state index is 12.5.